The Bertz CT molecular complexity index is 888. The Balaban J connectivity index is 1.55. The van der Waals surface area contributed by atoms with Crippen LogP contribution in [0.2, 0.25) is 0 Å². The molecule has 26 heavy (non-hydrogen) atoms. The number of hydrogen-bond acceptors (Lipinski definition) is 2. The van der Waals surface area contributed by atoms with Crippen molar-refractivity contribution >= 4 is 17.7 Å². The molecule has 0 spiro atoms. The fourth-order valence-corrected chi connectivity index (χ4v) is 4.54. The summed E-state index contributed by atoms with van der Waals surface area (Å²) in [7, 11) is 0. The van der Waals surface area contributed by atoms with Gasteiger partial charge in [-0.15, -0.1) is 11.8 Å². The number of carbonyl (C=O) groups excluding carboxylic acids is 1. The van der Waals surface area contributed by atoms with E-state index in [0.717, 1.165) is 23.4 Å². The van der Waals surface area contributed by atoms with Crippen molar-refractivity contribution < 1.29 is 4.79 Å². The number of carbonyl (C=O) groups is 1. The van der Waals surface area contributed by atoms with Crippen LogP contribution in [-0.4, -0.2) is 23.1 Å². The molecule has 1 aliphatic heterocycles. The first kappa shape index (κ1) is 16.9. The van der Waals surface area contributed by atoms with Crippen molar-refractivity contribution in [3.05, 3.63) is 95.6 Å². The minimum atomic E-state index is 0.108. The van der Waals surface area contributed by atoms with E-state index in [1.807, 2.05) is 59.1 Å². The van der Waals surface area contributed by atoms with Gasteiger partial charge < -0.3 is 4.90 Å². The summed E-state index contributed by atoms with van der Waals surface area (Å²) in [6.07, 6.45) is 0. The lowest BCUT2D eigenvalue weighted by molar-refractivity contribution is 0.0760. The maximum absolute atomic E-state index is 13.1. The molecule has 0 radical (unpaired) electrons. The maximum atomic E-state index is 13.1. The lowest BCUT2D eigenvalue weighted by Gasteiger charge is -2.24. The zero-order chi connectivity index (χ0) is 17.9. The molecule has 0 bridgehead atoms. The summed E-state index contributed by atoms with van der Waals surface area (Å²) in [5, 5.41) is 0.108. The van der Waals surface area contributed by atoms with Crippen LogP contribution >= 0.6 is 11.8 Å². The van der Waals surface area contributed by atoms with Crippen molar-refractivity contribution in [2.75, 3.05) is 12.3 Å². The molecule has 1 saturated heterocycles. The van der Waals surface area contributed by atoms with E-state index in [9.17, 15) is 4.79 Å². The summed E-state index contributed by atoms with van der Waals surface area (Å²) >= 11 is 1.84. The molecule has 1 amide bonds. The van der Waals surface area contributed by atoms with Gasteiger partial charge in [0, 0.05) is 17.9 Å². The molecule has 0 aliphatic carbocycles. The summed E-state index contributed by atoms with van der Waals surface area (Å²) in [6, 6.07) is 26.7. The van der Waals surface area contributed by atoms with Crippen molar-refractivity contribution in [2.24, 2.45) is 0 Å². The lowest BCUT2D eigenvalue weighted by Crippen LogP contribution is -2.30. The van der Waals surface area contributed by atoms with Gasteiger partial charge in [0.1, 0.15) is 5.37 Å². The molecule has 1 unspecified atom stereocenters. The van der Waals surface area contributed by atoms with Gasteiger partial charge in [-0.3, -0.25) is 4.79 Å². The molecular weight excluding hydrogens is 338 g/mol. The van der Waals surface area contributed by atoms with Crippen LogP contribution in [0.5, 0.6) is 0 Å². The van der Waals surface area contributed by atoms with Crippen molar-refractivity contribution in [1.82, 2.24) is 4.90 Å². The molecule has 0 saturated carbocycles. The monoisotopic (exact) mass is 359 g/mol. The fourth-order valence-electron chi connectivity index (χ4n) is 3.29. The van der Waals surface area contributed by atoms with Crippen LogP contribution in [0.4, 0.5) is 0 Å². The van der Waals surface area contributed by atoms with Crippen molar-refractivity contribution in [3.63, 3.8) is 0 Å². The van der Waals surface area contributed by atoms with Crippen LogP contribution in [0.1, 0.15) is 26.9 Å². The van der Waals surface area contributed by atoms with Gasteiger partial charge in [0.15, 0.2) is 0 Å². The molecule has 1 atom stereocenters. The van der Waals surface area contributed by atoms with E-state index in [2.05, 4.69) is 43.3 Å². The lowest BCUT2D eigenvalue weighted by atomic mass is 10.0. The van der Waals surface area contributed by atoms with Crippen molar-refractivity contribution in [3.8, 4) is 11.1 Å². The second-order valence-corrected chi connectivity index (χ2v) is 7.76. The van der Waals surface area contributed by atoms with Crippen LogP contribution in [0.3, 0.4) is 0 Å². The predicted molar refractivity (Wildman–Crippen MR) is 109 cm³/mol. The van der Waals surface area contributed by atoms with Gasteiger partial charge in [-0.25, -0.2) is 0 Å². The molecule has 3 aromatic rings. The van der Waals surface area contributed by atoms with Gasteiger partial charge in [-0.05, 0) is 35.7 Å². The van der Waals surface area contributed by atoms with Crippen molar-refractivity contribution in [2.45, 2.75) is 12.3 Å². The molecule has 1 heterocycles. The quantitative estimate of drug-likeness (QED) is 0.611. The van der Waals surface area contributed by atoms with Crippen LogP contribution in [0, 0.1) is 6.92 Å². The highest BCUT2D eigenvalue weighted by Gasteiger charge is 2.31. The third kappa shape index (κ3) is 3.40. The van der Waals surface area contributed by atoms with Crippen LogP contribution in [-0.2, 0) is 0 Å². The highest BCUT2D eigenvalue weighted by Crippen LogP contribution is 2.38. The van der Waals surface area contributed by atoms with E-state index in [4.69, 9.17) is 0 Å². The zero-order valence-electron chi connectivity index (χ0n) is 14.8. The second kappa shape index (κ2) is 7.38. The molecule has 1 aliphatic rings. The van der Waals surface area contributed by atoms with Gasteiger partial charge in [0.25, 0.3) is 5.91 Å². The standard InChI is InChI=1S/C23H21NOS/c1-17-7-9-21(10-8-17)23-24(15-16-26-23)22(25)20-13-11-19(12-14-20)18-5-3-2-4-6-18/h2-14,23H,15-16H2,1H3. The normalized spacial score (nSPS) is 16.7. The maximum Gasteiger partial charge on any atom is 0.255 e. The predicted octanol–water partition coefficient (Wildman–Crippen LogP) is 5.55. The first-order valence-electron chi connectivity index (χ1n) is 8.87. The number of aryl methyl sites for hydroxylation is 1. The smallest absolute Gasteiger partial charge is 0.255 e. The Kier molecular flexibility index (Phi) is 4.81. The molecule has 0 N–H and O–H groups in total. The largest absolute Gasteiger partial charge is 0.322 e. The average Bonchev–Trinajstić information content (AvgIpc) is 3.19. The van der Waals surface area contributed by atoms with Gasteiger partial charge in [-0.2, -0.15) is 0 Å². The van der Waals surface area contributed by atoms with Crippen molar-refractivity contribution in [1.29, 1.82) is 0 Å². The summed E-state index contributed by atoms with van der Waals surface area (Å²) < 4.78 is 0. The minimum absolute atomic E-state index is 0.108. The van der Waals surface area contributed by atoms with E-state index in [1.165, 1.54) is 16.7 Å². The number of nitrogens with zero attached hydrogens (tertiary/aromatic N) is 1. The van der Waals surface area contributed by atoms with Gasteiger partial charge in [-0.1, -0.05) is 72.3 Å². The van der Waals surface area contributed by atoms with Gasteiger partial charge in [0.05, 0.1) is 0 Å². The number of rotatable bonds is 3. The fraction of sp³-hybridized carbons (Fsp3) is 0.174. The van der Waals surface area contributed by atoms with Gasteiger partial charge >= 0.3 is 0 Å². The molecule has 130 valence electrons. The Morgan fingerprint density at radius 2 is 1.54 bits per heavy atom. The summed E-state index contributed by atoms with van der Waals surface area (Å²) in [5.41, 5.74) is 5.50. The van der Waals surface area contributed by atoms with Crippen LogP contribution < -0.4 is 0 Å². The highest BCUT2D eigenvalue weighted by molar-refractivity contribution is 7.99. The number of amides is 1. The van der Waals surface area contributed by atoms with E-state index < -0.39 is 0 Å². The molecule has 3 aromatic carbocycles. The zero-order valence-corrected chi connectivity index (χ0v) is 15.6. The number of thioether (sulfide) groups is 1. The third-order valence-electron chi connectivity index (χ3n) is 4.75. The average molecular weight is 359 g/mol. The highest BCUT2D eigenvalue weighted by atomic mass is 32.2. The Labute approximate surface area is 158 Å². The molecule has 3 heteroatoms. The summed E-state index contributed by atoms with van der Waals surface area (Å²) in [6.45, 7) is 2.88. The number of benzene rings is 3. The number of hydrogen-bond donors (Lipinski definition) is 0. The minimum Gasteiger partial charge on any atom is -0.322 e. The van der Waals surface area contributed by atoms with Crippen LogP contribution in [0.25, 0.3) is 11.1 Å². The Morgan fingerprint density at radius 1 is 0.885 bits per heavy atom. The molecule has 4 rings (SSSR count). The van der Waals surface area contributed by atoms with E-state index in [-0.39, 0.29) is 11.3 Å². The van der Waals surface area contributed by atoms with E-state index in [1.54, 1.807) is 0 Å². The topological polar surface area (TPSA) is 20.3 Å². The first-order chi connectivity index (χ1) is 12.7. The third-order valence-corrected chi connectivity index (χ3v) is 6.01. The van der Waals surface area contributed by atoms with Crippen LogP contribution in [0.15, 0.2) is 78.9 Å². The summed E-state index contributed by atoms with van der Waals surface area (Å²) in [4.78, 5) is 15.1. The first-order valence-corrected chi connectivity index (χ1v) is 9.92. The Hall–Kier alpha value is -2.52. The molecule has 0 aromatic heterocycles. The van der Waals surface area contributed by atoms with Gasteiger partial charge in [0.2, 0.25) is 0 Å². The SMILES string of the molecule is Cc1ccc(C2SCCN2C(=O)c2ccc(-c3ccccc3)cc2)cc1. The summed E-state index contributed by atoms with van der Waals surface area (Å²) in [5.74, 6) is 1.09. The molecule has 1 fully saturated rings. The van der Waals surface area contributed by atoms with E-state index >= 15 is 0 Å². The Morgan fingerprint density at radius 3 is 2.23 bits per heavy atom. The van der Waals surface area contributed by atoms with E-state index in [0.29, 0.717) is 0 Å². The molecular formula is C23H21NOS. The second-order valence-electron chi connectivity index (χ2n) is 6.58. The molecule has 2 nitrogen and oxygen atoms in total.